The van der Waals surface area contributed by atoms with Crippen molar-refractivity contribution in [1.29, 1.82) is 0 Å². The molecule has 0 saturated heterocycles. The molecular formula is C42H80NO12P. The lowest BCUT2D eigenvalue weighted by molar-refractivity contribution is -0.220. The Morgan fingerprint density at radius 3 is 1.52 bits per heavy atom. The summed E-state index contributed by atoms with van der Waals surface area (Å²) in [5.74, 6) is -0.602. The molecule has 1 saturated carbocycles. The maximum atomic E-state index is 12.9. The molecule has 0 aromatic rings. The first kappa shape index (κ1) is 52.8. The van der Waals surface area contributed by atoms with Crippen LogP contribution in [-0.2, 0) is 18.4 Å². The van der Waals surface area contributed by atoms with Crippen LogP contribution in [0.2, 0.25) is 0 Å². The number of rotatable bonds is 35. The molecule has 1 amide bonds. The van der Waals surface area contributed by atoms with Gasteiger partial charge in [0, 0.05) is 0 Å². The average Bonchev–Trinajstić information content (AvgIpc) is 3.17. The second-order valence-corrected chi connectivity index (χ2v) is 17.1. The number of aliphatic hydroxyl groups is 7. The van der Waals surface area contributed by atoms with Gasteiger partial charge in [-0.15, -0.1) is 0 Å². The lowest BCUT2D eigenvalue weighted by atomic mass is 9.85. The van der Waals surface area contributed by atoms with Crippen LogP contribution >= 0.6 is 7.82 Å². The van der Waals surface area contributed by atoms with Crippen LogP contribution in [0.1, 0.15) is 174 Å². The molecule has 1 aliphatic carbocycles. The number of allylic oxidation sites excluding steroid dienone is 3. The van der Waals surface area contributed by atoms with Gasteiger partial charge in [-0.3, -0.25) is 13.8 Å². The fourth-order valence-corrected chi connectivity index (χ4v) is 7.85. The van der Waals surface area contributed by atoms with Crippen LogP contribution in [0.5, 0.6) is 0 Å². The van der Waals surface area contributed by atoms with Crippen molar-refractivity contribution in [2.45, 2.75) is 229 Å². The maximum Gasteiger partial charge on any atom is 0.472 e. The molecule has 0 aliphatic heterocycles. The van der Waals surface area contributed by atoms with Gasteiger partial charge in [0.25, 0.3) is 0 Å². The van der Waals surface area contributed by atoms with E-state index in [1.54, 1.807) is 6.08 Å². The third-order valence-corrected chi connectivity index (χ3v) is 11.5. The molecule has 1 rings (SSSR count). The van der Waals surface area contributed by atoms with Crippen molar-refractivity contribution in [2.75, 3.05) is 6.61 Å². The largest absolute Gasteiger partial charge is 0.472 e. The zero-order valence-corrected chi connectivity index (χ0v) is 35.4. The van der Waals surface area contributed by atoms with Gasteiger partial charge >= 0.3 is 7.82 Å². The van der Waals surface area contributed by atoms with Crippen molar-refractivity contribution < 1.29 is 59.0 Å². The van der Waals surface area contributed by atoms with E-state index in [2.05, 4.69) is 31.3 Å². The number of carbonyl (C=O) groups excluding carboxylic acids is 1. The number of unbranched alkanes of at least 4 members (excludes halogenated alkanes) is 20. The molecule has 0 bridgehead atoms. The van der Waals surface area contributed by atoms with Gasteiger partial charge in [0.15, 0.2) is 0 Å². The summed E-state index contributed by atoms with van der Waals surface area (Å²) < 4.78 is 22.7. The molecule has 13 nitrogen and oxygen atoms in total. The van der Waals surface area contributed by atoms with Crippen molar-refractivity contribution in [3.05, 3.63) is 24.3 Å². The van der Waals surface area contributed by atoms with Crippen molar-refractivity contribution >= 4 is 13.7 Å². The van der Waals surface area contributed by atoms with Crippen molar-refractivity contribution in [3.8, 4) is 0 Å². The van der Waals surface area contributed by atoms with Gasteiger partial charge in [0.2, 0.25) is 5.91 Å². The molecule has 0 heterocycles. The van der Waals surface area contributed by atoms with Crippen LogP contribution in [0, 0.1) is 0 Å². The van der Waals surface area contributed by atoms with E-state index in [0.717, 1.165) is 77.0 Å². The number of carbonyl (C=O) groups is 1. The number of amides is 1. The number of aliphatic hydroxyl groups excluding tert-OH is 7. The SMILES string of the molecule is CCCCCCC/C=C/C(O)C(COP(=O)(O)OC1C(O)C(O)C(O)C(O)C1O)NC(=O)CC(O)CCCCCCC/C=C\CCCCCCCCCCCC. The first-order valence-corrected chi connectivity index (χ1v) is 23.4. The summed E-state index contributed by atoms with van der Waals surface area (Å²) in [6.45, 7) is 3.64. The van der Waals surface area contributed by atoms with E-state index in [-0.39, 0.29) is 6.42 Å². The van der Waals surface area contributed by atoms with Gasteiger partial charge in [-0.1, -0.05) is 147 Å². The summed E-state index contributed by atoms with van der Waals surface area (Å²) in [6.07, 6.45) is 20.4. The molecule has 1 aliphatic rings. The highest BCUT2D eigenvalue weighted by atomic mass is 31.2. The summed E-state index contributed by atoms with van der Waals surface area (Å²) in [7, 11) is -5.13. The third-order valence-electron chi connectivity index (χ3n) is 10.5. The fourth-order valence-electron chi connectivity index (χ4n) is 6.88. The van der Waals surface area contributed by atoms with Gasteiger partial charge in [-0.2, -0.15) is 0 Å². The highest BCUT2D eigenvalue weighted by Gasteiger charge is 2.51. The van der Waals surface area contributed by atoms with Gasteiger partial charge in [-0.25, -0.2) is 4.57 Å². The molecule has 0 aromatic heterocycles. The zero-order valence-electron chi connectivity index (χ0n) is 34.5. The van der Waals surface area contributed by atoms with Crippen LogP contribution in [0.4, 0.5) is 0 Å². The summed E-state index contributed by atoms with van der Waals surface area (Å²) >= 11 is 0. The molecule has 0 spiro atoms. The molecule has 330 valence electrons. The van der Waals surface area contributed by atoms with E-state index >= 15 is 0 Å². The topological polar surface area (TPSA) is 226 Å². The minimum atomic E-state index is -5.13. The maximum absolute atomic E-state index is 12.9. The van der Waals surface area contributed by atoms with Crippen LogP contribution in [0.15, 0.2) is 24.3 Å². The summed E-state index contributed by atoms with van der Waals surface area (Å²) in [5, 5.41) is 74.0. The predicted molar refractivity (Wildman–Crippen MR) is 220 cm³/mol. The highest BCUT2D eigenvalue weighted by molar-refractivity contribution is 7.47. The van der Waals surface area contributed by atoms with Gasteiger partial charge in [-0.05, 0) is 44.9 Å². The Bertz CT molecular complexity index is 1060. The quantitative estimate of drug-likeness (QED) is 0.0192. The van der Waals surface area contributed by atoms with Crippen molar-refractivity contribution in [2.24, 2.45) is 0 Å². The standard InChI is InChI=1S/C42H80NO12P/c1-3-5-7-9-11-12-13-14-15-16-17-18-19-20-21-22-24-25-27-29-33(44)31-36(46)43-34(35(45)30-28-26-23-10-8-6-4-2)32-54-56(52,53)55-42-40(50)38(48)37(47)39(49)41(42)51/h18-19,28,30,33-35,37-42,44-45,47-51H,3-17,20-27,29,31-32H2,1-2H3,(H,43,46)(H,52,53)/b19-18-,30-28+. The molecule has 8 unspecified atom stereocenters. The Hall–Kier alpha value is -1.22. The number of hydrogen-bond acceptors (Lipinski definition) is 11. The first-order chi connectivity index (χ1) is 26.8. The molecule has 8 atom stereocenters. The number of phosphoric ester groups is 1. The molecule has 14 heteroatoms. The van der Waals surface area contributed by atoms with Gasteiger partial charge < -0.3 is 46.0 Å². The Balaban J connectivity index is 2.45. The lowest BCUT2D eigenvalue weighted by Crippen LogP contribution is -2.64. The molecule has 0 aromatic carbocycles. The predicted octanol–water partition coefficient (Wildman–Crippen LogP) is 6.42. The van der Waals surface area contributed by atoms with Gasteiger partial charge in [0.1, 0.15) is 36.6 Å². The molecule has 56 heavy (non-hydrogen) atoms. The minimum Gasteiger partial charge on any atom is -0.393 e. The van der Waals surface area contributed by atoms with Crippen molar-refractivity contribution in [3.63, 3.8) is 0 Å². The second-order valence-electron chi connectivity index (χ2n) is 15.7. The summed E-state index contributed by atoms with van der Waals surface area (Å²) in [6, 6.07) is -1.24. The third kappa shape index (κ3) is 24.6. The Labute approximate surface area is 337 Å². The molecule has 1 fully saturated rings. The summed E-state index contributed by atoms with van der Waals surface area (Å²) in [5.41, 5.74) is 0. The van der Waals surface area contributed by atoms with E-state index in [1.807, 2.05) is 0 Å². The van der Waals surface area contributed by atoms with E-state index in [4.69, 9.17) is 9.05 Å². The fraction of sp³-hybridized carbons (Fsp3) is 0.881. The van der Waals surface area contributed by atoms with E-state index in [0.29, 0.717) is 12.8 Å². The van der Waals surface area contributed by atoms with Crippen LogP contribution in [0.25, 0.3) is 0 Å². The monoisotopic (exact) mass is 822 g/mol. The second kappa shape index (κ2) is 32.6. The minimum absolute atomic E-state index is 0.250. The van der Waals surface area contributed by atoms with E-state index < -0.39 is 75.2 Å². The normalized spacial score (nSPS) is 24.4. The highest BCUT2D eigenvalue weighted by Crippen LogP contribution is 2.47. The van der Waals surface area contributed by atoms with Crippen LogP contribution < -0.4 is 5.32 Å². The van der Waals surface area contributed by atoms with Gasteiger partial charge in [0.05, 0.1) is 31.3 Å². The molecule has 9 N–H and O–H groups in total. The Kier molecular flexibility index (Phi) is 30.7. The Morgan fingerprint density at radius 2 is 1.04 bits per heavy atom. The van der Waals surface area contributed by atoms with E-state index in [9.17, 15) is 50.0 Å². The summed E-state index contributed by atoms with van der Waals surface area (Å²) in [4.78, 5) is 23.3. The molecule has 0 radical (unpaired) electrons. The van der Waals surface area contributed by atoms with Crippen LogP contribution in [0.3, 0.4) is 0 Å². The molecular weight excluding hydrogens is 741 g/mol. The number of hydrogen-bond donors (Lipinski definition) is 9. The van der Waals surface area contributed by atoms with Crippen LogP contribution in [-0.4, -0.2) is 108 Å². The lowest BCUT2D eigenvalue weighted by Gasteiger charge is -2.41. The zero-order chi connectivity index (χ0) is 41.6. The van der Waals surface area contributed by atoms with E-state index in [1.165, 1.54) is 70.3 Å². The number of phosphoric acid groups is 1. The average molecular weight is 822 g/mol. The number of nitrogens with one attached hydrogen (secondary N) is 1. The Morgan fingerprint density at radius 1 is 0.625 bits per heavy atom. The first-order valence-electron chi connectivity index (χ1n) is 21.9. The smallest absolute Gasteiger partial charge is 0.393 e. The van der Waals surface area contributed by atoms with Crippen molar-refractivity contribution in [1.82, 2.24) is 5.32 Å².